The predicted molar refractivity (Wildman–Crippen MR) is 87.6 cm³/mol. The van der Waals surface area contributed by atoms with E-state index in [1.807, 2.05) is 18.2 Å². The molecule has 0 aliphatic carbocycles. The highest BCUT2D eigenvalue weighted by Crippen LogP contribution is 2.27. The Morgan fingerprint density at radius 3 is 2.62 bits per heavy atom. The van der Waals surface area contributed by atoms with E-state index in [-0.39, 0.29) is 11.9 Å². The maximum absolute atomic E-state index is 13.1. The molecular formula is C17H18Cl2FN. The van der Waals surface area contributed by atoms with Gasteiger partial charge in [-0.3, -0.25) is 0 Å². The van der Waals surface area contributed by atoms with Crippen LogP contribution in [-0.2, 0) is 6.42 Å². The van der Waals surface area contributed by atoms with Crippen molar-refractivity contribution in [3.8, 4) is 0 Å². The molecule has 2 rings (SSSR count). The Morgan fingerprint density at radius 2 is 1.95 bits per heavy atom. The molecule has 0 aliphatic heterocycles. The first-order valence-corrected chi connectivity index (χ1v) is 7.78. The second-order valence-electron chi connectivity index (χ2n) is 4.96. The van der Waals surface area contributed by atoms with E-state index in [2.05, 4.69) is 12.2 Å². The van der Waals surface area contributed by atoms with Gasteiger partial charge in [0.1, 0.15) is 5.82 Å². The van der Waals surface area contributed by atoms with E-state index in [9.17, 15) is 4.39 Å². The number of hydrogen-bond donors (Lipinski definition) is 1. The van der Waals surface area contributed by atoms with Gasteiger partial charge < -0.3 is 5.32 Å². The normalized spacial score (nSPS) is 12.4. The van der Waals surface area contributed by atoms with Crippen molar-refractivity contribution in [2.24, 2.45) is 0 Å². The lowest BCUT2D eigenvalue weighted by Crippen LogP contribution is -2.23. The van der Waals surface area contributed by atoms with E-state index in [0.29, 0.717) is 10.0 Å². The molecule has 0 spiro atoms. The van der Waals surface area contributed by atoms with Crippen LogP contribution < -0.4 is 5.32 Å². The minimum Gasteiger partial charge on any atom is -0.310 e. The third-order valence-corrected chi connectivity index (χ3v) is 4.00. The minimum atomic E-state index is -0.194. The molecule has 1 atom stereocenters. The van der Waals surface area contributed by atoms with E-state index in [4.69, 9.17) is 23.2 Å². The molecule has 112 valence electrons. The third-order valence-electron chi connectivity index (χ3n) is 3.44. The van der Waals surface area contributed by atoms with Gasteiger partial charge in [0.15, 0.2) is 0 Å². The predicted octanol–water partition coefficient (Wildman–Crippen LogP) is 5.42. The zero-order valence-corrected chi connectivity index (χ0v) is 13.4. The summed E-state index contributed by atoms with van der Waals surface area (Å²) in [6.07, 6.45) is 1.70. The number of halogens is 3. The van der Waals surface area contributed by atoms with Crippen molar-refractivity contribution in [1.29, 1.82) is 0 Å². The van der Waals surface area contributed by atoms with Crippen LogP contribution in [0.25, 0.3) is 0 Å². The second kappa shape index (κ2) is 7.79. The zero-order chi connectivity index (χ0) is 15.2. The maximum Gasteiger partial charge on any atom is 0.123 e. The number of benzene rings is 2. The zero-order valence-electron chi connectivity index (χ0n) is 11.9. The molecule has 0 radical (unpaired) electrons. The van der Waals surface area contributed by atoms with Crippen molar-refractivity contribution in [1.82, 2.24) is 5.32 Å². The van der Waals surface area contributed by atoms with Crippen molar-refractivity contribution in [3.63, 3.8) is 0 Å². The average Bonchev–Trinajstić information content (AvgIpc) is 2.45. The Labute approximate surface area is 135 Å². The topological polar surface area (TPSA) is 12.0 Å². The standard InChI is InChI=1S/C17H18Cl2FN/c1-2-17(15-7-6-13(18)11-16(15)19)21-9-8-12-4-3-5-14(20)10-12/h3-7,10-11,17,21H,2,8-9H2,1H3. The maximum atomic E-state index is 13.1. The summed E-state index contributed by atoms with van der Waals surface area (Å²) in [5, 5.41) is 4.78. The average molecular weight is 326 g/mol. The van der Waals surface area contributed by atoms with Crippen molar-refractivity contribution >= 4 is 23.2 Å². The second-order valence-corrected chi connectivity index (χ2v) is 5.80. The van der Waals surface area contributed by atoms with Crippen LogP contribution in [0.1, 0.15) is 30.5 Å². The number of rotatable bonds is 6. The van der Waals surface area contributed by atoms with Gasteiger partial charge in [-0.15, -0.1) is 0 Å². The molecule has 1 unspecified atom stereocenters. The van der Waals surface area contributed by atoms with Crippen molar-refractivity contribution in [2.75, 3.05) is 6.54 Å². The molecule has 21 heavy (non-hydrogen) atoms. The molecule has 0 saturated carbocycles. The van der Waals surface area contributed by atoms with Crippen molar-refractivity contribution < 1.29 is 4.39 Å². The molecule has 0 bridgehead atoms. The Bertz CT molecular complexity index is 601. The van der Waals surface area contributed by atoms with Gasteiger partial charge in [0.25, 0.3) is 0 Å². The molecule has 4 heteroatoms. The van der Waals surface area contributed by atoms with Crippen molar-refractivity contribution in [2.45, 2.75) is 25.8 Å². The Morgan fingerprint density at radius 1 is 1.14 bits per heavy atom. The smallest absolute Gasteiger partial charge is 0.123 e. The Kier molecular flexibility index (Phi) is 6.04. The van der Waals surface area contributed by atoms with Crippen LogP contribution in [0.5, 0.6) is 0 Å². The molecule has 0 heterocycles. The van der Waals surface area contributed by atoms with E-state index in [1.165, 1.54) is 6.07 Å². The summed E-state index contributed by atoms with van der Waals surface area (Å²) in [7, 11) is 0. The lowest BCUT2D eigenvalue weighted by atomic mass is 10.0. The van der Waals surface area contributed by atoms with Crippen LogP contribution in [0.3, 0.4) is 0 Å². The first-order valence-electron chi connectivity index (χ1n) is 7.03. The lowest BCUT2D eigenvalue weighted by molar-refractivity contribution is 0.522. The first kappa shape index (κ1) is 16.3. The molecule has 1 nitrogen and oxygen atoms in total. The molecular weight excluding hydrogens is 308 g/mol. The van der Waals surface area contributed by atoms with Crippen LogP contribution in [-0.4, -0.2) is 6.54 Å². The summed E-state index contributed by atoms with van der Waals surface area (Å²) in [6.45, 7) is 2.87. The lowest BCUT2D eigenvalue weighted by Gasteiger charge is -2.19. The molecule has 0 aliphatic rings. The highest BCUT2D eigenvalue weighted by atomic mass is 35.5. The number of hydrogen-bond acceptors (Lipinski definition) is 1. The molecule has 0 fully saturated rings. The van der Waals surface area contributed by atoms with Gasteiger partial charge in [0, 0.05) is 16.1 Å². The van der Waals surface area contributed by atoms with Gasteiger partial charge in [-0.25, -0.2) is 4.39 Å². The Hall–Kier alpha value is -1.09. The summed E-state index contributed by atoms with van der Waals surface area (Å²) in [5.74, 6) is -0.194. The van der Waals surface area contributed by atoms with Crippen LogP contribution in [0.15, 0.2) is 42.5 Å². The largest absolute Gasteiger partial charge is 0.310 e. The first-order chi connectivity index (χ1) is 10.1. The highest BCUT2D eigenvalue weighted by Gasteiger charge is 2.12. The van der Waals surface area contributed by atoms with E-state index in [1.54, 1.807) is 18.2 Å². The van der Waals surface area contributed by atoms with E-state index < -0.39 is 0 Å². The van der Waals surface area contributed by atoms with E-state index >= 15 is 0 Å². The SMILES string of the molecule is CCC(NCCc1cccc(F)c1)c1ccc(Cl)cc1Cl. The van der Waals surface area contributed by atoms with E-state index in [0.717, 1.165) is 30.5 Å². The Balaban J connectivity index is 1.96. The molecule has 2 aromatic carbocycles. The van der Waals surface area contributed by atoms with Crippen LogP contribution in [0, 0.1) is 5.82 Å². The molecule has 1 N–H and O–H groups in total. The fourth-order valence-corrected chi connectivity index (χ4v) is 2.88. The molecule has 0 aromatic heterocycles. The van der Waals surface area contributed by atoms with Gasteiger partial charge in [-0.2, -0.15) is 0 Å². The number of nitrogens with one attached hydrogen (secondary N) is 1. The van der Waals surface area contributed by atoms with Gasteiger partial charge >= 0.3 is 0 Å². The van der Waals surface area contributed by atoms with Gasteiger partial charge in [0.2, 0.25) is 0 Å². The van der Waals surface area contributed by atoms with Gasteiger partial charge in [-0.05, 0) is 54.8 Å². The summed E-state index contributed by atoms with van der Waals surface area (Å²) in [4.78, 5) is 0. The highest BCUT2D eigenvalue weighted by molar-refractivity contribution is 6.35. The van der Waals surface area contributed by atoms with Crippen LogP contribution >= 0.6 is 23.2 Å². The fourth-order valence-electron chi connectivity index (χ4n) is 2.34. The molecule has 0 amide bonds. The monoisotopic (exact) mass is 325 g/mol. The van der Waals surface area contributed by atoms with Gasteiger partial charge in [-0.1, -0.05) is 48.3 Å². The minimum absolute atomic E-state index is 0.170. The van der Waals surface area contributed by atoms with Crippen LogP contribution in [0.2, 0.25) is 10.0 Å². The van der Waals surface area contributed by atoms with Crippen molar-refractivity contribution in [3.05, 3.63) is 69.5 Å². The quantitative estimate of drug-likeness (QED) is 0.748. The molecule has 0 saturated heterocycles. The van der Waals surface area contributed by atoms with Gasteiger partial charge in [0.05, 0.1) is 0 Å². The molecule has 2 aromatic rings. The fraction of sp³-hybridized carbons (Fsp3) is 0.294. The summed E-state index contributed by atoms with van der Waals surface area (Å²) in [5.41, 5.74) is 2.03. The van der Waals surface area contributed by atoms with Crippen LogP contribution in [0.4, 0.5) is 4.39 Å². The summed E-state index contributed by atoms with van der Waals surface area (Å²) in [6, 6.07) is 12.4. The summed E-state index contributed by atoms with van der Waals surface area (Å²) < 4.78 is 13.1. The third kappa shape index (κ3) is 4.70. The summed E-state index contributed by atoms with van der Waals surface area (Å²) >= 11 is 12.2.